The van der Waals surface area contributed by atoms with Crippen LogP contribution in [-0.2, 0) is 9.53 Å². The Morgan fingerprint density at radius 1 is 1.56 bits per heavy atom. The zero-order chi connectivity index (χ0) is 12.1. The van der Waals surface area contributed by atoms with Crippen molar-refractivity contribution in [2.75, 3.05) is 20.2 Å². The number of nitrogens with zero attached hydrogens (tertiary/aromatic N) is 1. The second-order valence-corrected chi connectivity index (χ2v) is 5.60. The average molecular weight is 226 g/mol. The highest BCUT2D eigenvalue weighted by Crippen LogP contribution is 2.58. The fourth-order valence-corrected chi connectivity index (χ4v) is 3.28. The number of carbonyl (C=O) groups excluding carboxylic acids is 1. The Bertz CT molecular complexity index is 316. The van der Waals surface area contributed by atoms with E-state index < -0.39 is 5.54 Å². The van der Waals surface area contributed by atoms with Gasteiger partial charge in [-0.3, -0.25) is 4.79 Å². The quantitative estimate of drug-likeness (QED) is 0.750. The number of hydrogen-bond acceptors (Lipinski definition) is 3. The summed E-state index contributed by atoms with van der Waals surface area (Å²) in [6, 6.07) is 0. The van der Waals surface area contributed by atoms with E-state index in [1.807, 2.05) is 27.8 Å². The summed E-state index contributed by atoms with van der Waals surface area (Å²) in [4.78, 5) is 14.1. The lowest BCUT2D eigenvalue weighted by molar-refractivity contribution is -0.183. The van der Waals surface area contributed by atoms with Crippen molar-refractivity contribution in [3.8, 4) is 0 Å². The fourth-order valence-electron chi connectivity index (χ4n) is 3.28. The largest absolute Gasteiger partial charge is 0.377 e. The van der Waals surface area contributed by atoms with Gasteiger partial charge in [-0.2, -0.15) is 0 Å². The Balaban J connectivity index is 2.27. The lowest BCUT2D eigenvalue weighted by Gasteiger charge is -2.61. The van der Waals surface area contributed by atoms with Gasteiger partial charge in [0, 0.05) is 31.5 Å². The molecule has 0 aromatic carbocycles. The molecule has 4 heteroatoms. The molecule has 3 atom stereocenters. The van der Waals surface area contributed by atoms with Crippen LogP contribution in [0.3, 0.4) is 0 Å². The van der Waals surface area contributed by atoms with E-state index in [2.05, 4.69) is 0 Å². The Kier molecular flexibility index (Phi) is 2.55. The van der Waals surface area contributed by atoms with E-state index in [-0.39, 0.29) is 23.3 Å². The maximum absolute atomic E-state index is 12.4. The van der Waals surface area contributed by atoms with Crippen molar-refractivity contribution < 1.29 is 9.53 Å². The minimum atomic E-state index is -0.737. The van der Waals surface area contributed by atoms with E-state index in [0.717, 1.165) is 13.0 Å². The molecule has 0 aromatic rings. The molecule has 4 nitrogen and oxygen atoms in total. The molecule has 2 fully saturated rings. The monoisotopic (exact) mass is 226 g/mol. The molecular weight excluding hydrogens is 204 g/mol. The fraction of sp³-hybridized carbons (Fsp3) is 0.917. The summed E-state index contributed by atoms with van der Waals surface area (Å²) in [6.45, 7) is 7.49. The van der Waals surface area contributed by atoms with Crippen LogP contribution in [0.15, 0.2) is 0 Å². The standard InChI is InChI=1S/C12H22N2O2/c1-5-14(4)10(15)12(13)8-6-7-16-9(8)11(12,2)3/h8-9H,5-7,13H2,1-4H3. The van der Waals surface area contributed by atoms with Gasteiger partial charge in [0.1, 0.15) is 5.54 Å². The highest BCUT2D eigenvalue weighted by Gasteiger charge is 2.71. The number of rotatable bonds is 2. The number of fused-ring (bicyclic) bond motifs is 1. The Morgan fingerprint density at radius 3 is 2.75 bits per heavy atom. The highest BCUT2D eigenvalue weighted by molar-refractivity contribution is 5.89. The molecule has 2 N–H and O–H groups in total. The second kappa shape index (κ2) is 3.44. The molecule has 1 saturated heterocycles. The third-order valence-corrected chi connectivity index (χ3v) is 4.63. The molecule has 1 saturated carbocycles. The first-order chi connectivity index (χ1) is 7.37. The number of nitrogens with two attached hydrogens (primary N) is 1. The Morgan fingerprint density at radius 2 is 2.19 bits per heavy atom. The van der Waals surface area contributed by atoms with Crippen LogP contribution in [0, 0.1) is 11.3 Å². The number of carbonyl (C=O) groups is 1. The molecule has 0 bridgehead atoms. The van der Waals surface area contributed by atoms with Crippen LogP contribution in [-0.4, -0.2) is 42.6 Å². The zero-order valence-electron chi connectivity index (χ0n) is 10.6. The number of ether oxygens (including phenoxy) is 1. The van der Waals surface area contributed by atoms with Crippen LogP contribution < -0.4 is 5.73 Å². The maximum Gasteiger partial charge on any atom is 0.243 e. The first-order valence-electron chi connectivity index (χ1n) is 6.03. The zero-order valence-corrected chi connectivity index (χ0v) is 10.6. The Hall–Kier alpha value is -0.610. The summed E-state index contributed by atoms with van der Waals surface area (Å²) in [5.41, 5.74) is 5.42. The predicted octanol–water partition coefficient (Wildman–Crippen LogP) is 0.607. The molecule has 2 aliphatic rings. The van der Waals surface area contributed by atoms with Crippen LogP contribution >= 0.6 is 0 Å². The molecule has 2 rings (SSSR count). The van der Waals surface area contributed by atoms with Crippen LogP contribution in [0.1, 0.15) is 27.2 Å². The van der Waals surface area contributed by atoms with Gasteiger partial charge < -0.3 is 15.4 Å². The van der Waals surface area contributed by atoms with Crippen molar-refractivity contribution in [3.05, 3.63) is 0 Å². The molecule has 0 spiro atoms. The SMILES string of the molecule is CCN(C)C(=O)C1(N)C2CCOC2C1(C)C. The molecule has 1 amide bonds. The minimum Gasteiger partial charge on any atom is -0.377 e. The van der Waals surface area contributed by atoms with Gasteiger partial charge in [0.15, 0.2) is 0 Å². The van der Waals surface area contributed by atoms with E-state index in [9.17, 15) is 4.79 Å². The van der Waals surface area contributed by atoms with Crippen molar-refractivity contribution in [3.63, 3.8) is 0 Å². The van der Waals surface area contributed by atoms with Gasteiger partial charge in [-0.1, -0.05) is 13.8 Å². The molecule has 1 heterocycles. The third kappa shape index (κ3) is 1.14. The van der Waals surface area contributed by atoms with Crippen LogP contribution in [0.2, 0.25) is 0 Å². The number of hydrogen-bond donors (Lipinski definition) is 1. The van der Waals surface area contributed by atoms with Gasteiger partial charge in [0.05, 0.1) is 6.10 Å². The molecule has 16 heavy (non-hydrogen) atoms. The van der Waals surface area contributed by atoms with Crippen molar-refractivity contribution >= 4 is 5.91 Å². The second-order valence-electron chi connectivity index (χ2n) is 5.60. The number of amides is 1. The molecule has 92 valence electrons. The smallest absolute Gasteiger partial charge is 0.243 e. The van der Waals surface area contributed by atoms with Gasteiger partial charge >= 0.3 is 0 Å². The van der Waals surface area contributed by atoms with Gasteiger partial charge in [-0.25, -0.2) is 0 Å². The molecule has 0 radical (unpaired) electrons. The maximum atomic E-state index is 12.4. The summed E-state index contributed by atoms with van der Waals surface area (Å²) in [5.74, 6) is 0.260. The first-order valence-corrected chi connectivity index (χ1v) is 6.03. The molecule has 0 aromatic heterocycles. The average Bonchev–Trinajstić information content (AvgIpc) is 2.73. The van der Waals surface area contributed by atoms with Gasteiger partial charge in [-0.05, 0) is 13.3 Å². The summed E-state index contributed by atoms with van der Waals surface area (Å²) in [6.07, 6.45) is 1.07. The van der Waals surface area contributed by atoms with E-state index >= 15 is 0 Å². The van der Waals surface area contributed by atoms with Crippen LogP contribution in [0.4, 0.5) is 0 Å². The minimum absolute atomic E-state index is 0.0618. The molecular formula is C12H22N2O2. The lowest BCUT2D eigenvalue weighted by atomic mass is 9.47. The summed E-state index contributed by atoms with van der Waals surface area (Å²) in [7, 11) is 1.82. The van der Waals surface area contributed by atoms with Crippen LogP contribution in [0.5, 0.6) is 0 Å². The normalized spacial score (nSPS) is 40.1. The highest BCUT2D eigenvalue weighted by atomic mass is 16.5. The first kappa shape index (κ1) is 11.9. The molecule has 3 unspecified atom stereocenters. The summed E-state index contributed by atoms with van der Waals surface area (Å²) >= 11 is 0. The third-order valence-electron chi connectivity index (χ3n) is 4.63. The van der Waals surface area contributed by atoms with Gasteiger partial charge in [0.2, 0.25) is 5.91 Å². The van der Waals surface area contributed by atoms with Crippen molar-refractivity contribution in [2.24, 2.45) is 17.1 Å². The van der Waals surface area contributed by atoms with E-state index in [4.69, 9.17) is 10.5 Å². The van der Waals surface area contributed by atoms with E-state index in [1.54, 1.807) is 4.90 Å². The summed E-state index contributed by atoms with van der Waals surface area (Å²) < 4.78 is 5.68. The molecule has 1 aliphatic heterocycles. The van der Waals surface area contributed by atoms with Crippen molar-refractivity contribution in [1.82, 2.24) is 4.90 Å². The van der Waals surface area contributed by atoms with E-state index in [1.165, 1.54) is 0 Å². The van der Waals surface area contributed by atoms with Crippen molar-refractivity contribution in [1.29, 1.82) is 0 Å². The topological polar surface area (TPSA) is 55.6 Å². The van der Waals surface area contributed by atoms with Crippen molar-refractivity contribution in [2.45, 2.75) is 38.8 Å². The number of likely N-dealkylation sites (N-methyl/N-ethyl adjacent to an activating group) is 1. The Labute approximate surface area is 97.1 Å². The van der Waals surface area contributed by atoms with Crippen LogP contribution in [0.25, 0.3) is 0 Å². The predicted molar refractivity (Wildman–Crippen MR) is 61.9 cm³/mol. The molecule has 1 aliphatic carbocycles. The van der Waals surface area contributed by atoms with Gasteiger partial charge in [0.25, 0.3) is 0 Å². The summed E-state index contributed by atoms with van der Waals surface area (Å²) in [5, 5.41) is 0. The van der Waals surface area contributed by atoms with E-state index in [0.29, 0.717) is 6.54 Å². The lowest BCUT2D eigenvalue weighted by Crippen LogP contribution is -2.80. The van der Waals surface area contributed by atoms with Gasteiger partial charge in [-0.15, -0.1) is 0 Å².